The molecular formula is C8H16N2O4. The number of ether oxygens (including phenoxy) is 1. The fourth-order valence-electron chi connectivity index (χ4n) is 0.930. The van der Waals surface area contributed by atoms with Crippen molar-refractivity contribution in [2.75, 3.05) is 13.2 Å². The summed E-state index contributed by atoms with van der Waals surface area (Å²) in [5.41, 5.74) is 4.25. The maximum atomic E-state index is 11.0. The molecule has 6 heteroatoms. The van der Waals surface area contributed by atoms with E-state index in [-0.39, 0.29) is 19.6 Å². The maximum absolute atomic E-state index is 11.0. The van der Waals surface area contributed by atoms with Crippen molar-refractivity contribution >= 4 is 12.0 Å². The highest BCUT2D eigenvalue weighted by atomic mass is 16.6. The molecule has 0 spiro atoms. The number of carbonyl (C=O) groups excluding carboxylic acids is 2. The van der Waals surface area contributed by atoms with Crippen LogP contribution >= 0.6 is 0 Å². The van der Waals surface area contributed by atoms with Crippen molar-refractivity contribution in [1.29, 1.82) is 0 Å². The Hall–Kier alpha value is -1.30. The monoisotopic (exact) mass is 204 g/mol. The van der Waals surface area contributed by atoms with Crippen LogP contribution in [0.15, 0.2) is 0 Å². The van der Waals surface area contributed by atoms with Crippen LogP contribution < -0.4 is 11.1 Å². The number of nitrogens with two attached hydrogens (primary N) is 1. The standard InChI is InChI=1S/C8H16N2O4/c1-8(2,5-6(9)12)10-7(13)14-4-3-11/h11H,3-5H2,1-2H3,(H2,9,12)(H,10,13). The van der Waals surface area contributed by atoms with Gasteiger partial charge in [-0.3, -0.25) is 4.79 Å². The van der Waals surface area contributed by atoms with E-state index >= 15 is 0 Å². The Kier molecular flexibility index (Phi) is 4.93. The molecule has 0 saturated carbocycles. The van der Waals surface area contributed by atoms with Gasteiger partial charge in [0.25, 0.3) is 0 Å². The number of alkyl carbamates (subject to hydrolysis) is 1. The van der Waals surface area contributed by atoms with E-state index in [9.17, 15) is 9.59 Å². The molecule has 0 aromatic rings. The van der Waals surface area contributed by atoms with Gasteiger partial charge in [0, 0.05) is 12.0 Å². The lowest BCUT2D eigenvalue weighted by molar-refractivity contribution is -0.119. The Morgan fingerprint density at radius 1 is 1.50 bits per heavy atom. The van der Waals surface area contributed by atoms with Gasteiger partial charge in [-0.25, -0.2) is 4.79 Å². The largest absolute Gasteiger partial charge is 0.447 e. The number of hydrogen-bond acceptors (Lipinski definition) is 4. The van der Waals surface area contributed by atoms with E-state index in [1.807, 2.05) is 0 Å². The molecule has 0 atom stereocenters. The van der Waals surface area contributed by atoms with Crippen LogP contribution in [-0.4, -0.2) is 35.9 Å². The van der Waals surface area contributed by atoms with Crippen LogP contribution in [0.2, 0.25) is 0 Å². The fourth-order valence-corrected chi connectivity index (χ4v) is 0.930. The normalized spacial score (nSPS) is 10.8. The number of hydrogen-bond donors (Lipinski definition) is 3. The summed E-state index contributed by atoms with van der Waals surface area (Å²) in [5.74, 6) is -0.502. The molecule has 14 heavy (non-hydrogen) atoms. The molecule has 0 rings (SSSR count). The SMILES string of the molecule is CC(C)(CC(N)=O)NC(=O)OCCO. The smallest absolute Gasteiger partial charge is 0.407 e. The van der Waals surface area contributed by atoms with Crippen molar-refractivity contribution in [2.24, 2.45) is 5.73 Å². The molecule has 0 fully saturated rings. The molecule has 0 aliphatic rings. The number of amides is 2. The van der Waals surface area contributed by atoms with Crippen LogP contribution in [0.5, 0.6) is 0 Å². The highest BCUT2D eigenvalue weighted by molar-refractivity contribution is 5.76. The Morgan fingerprint density at radius 3 is 2.50 bits per heavy atom. The summed E-state index contributed by atoms with van der Waals surface area (Å²) in [6, 6.07) is 0. The second-order valence-electron chi connectivity index (χ2n) is 3.51. The van der Waals surface area contributed by atoms with Gasteiger partial charge in [-0.1, -0.05) is 0 Å². The quantitative estimate of drug-likeness (QED) is 0.554. The van der Waals surface area contributed by atoms with E-state index in [0.29, 0.717) is 0 Å². The summed E-state index contributed by atoms with van der Waals surface area (Å²) in [5, 5.41) is 10.8. The molecular weight excluding hydrogens is 188 g/mol. The molecule has 0 aliphatic heterocycles. The average molecular weight is 204 g/mol. The molecule has 0 saturated heterocycles. The topological polar surface area (TPSA) is 102 Å². The van der Waals surface area contributed by atoms with Crippen LogP contribution in [0.4, 0.5) is 4.79 Å². The van der Waals surface area contributed by atoms with E-state index in [1.165, 1.54) is 0 Å². The lowest BCUT2D eigenvalue weighted by Crippen LogP contribution is -2.46. The van der Waals surface area contributed by atoms with Gasteiger partial charge in [0.2, 0.25) is 5.91 Å². The van der Waals surface area contributed by atoms with Crippen molar-refractivity contribution in [2.45, 2.75) is 25.8 Å². The zero-order valence-corrected chi connectivity index (χ0v) is 8.37. The molecule has 0 aromatic heterocycles. The first-order chi connectivity index (χ1) is 6.37. The highest BCUT2D eigenvalue weighted by Crippen LogP contribution is 2.07. The lowest BCUT2D eigenvalue weighted by atomic mass is 10.0. The molecule has 0 aromatic carbocycles. The summed E-state index contributed by atoms with van der Waals surface area (Å²) in [4.78, 5) is 21.6. The maximum Gasteiger partial charge on any atom is 0.407 e. The second kappa shape index (κ2) is 5.43. The van der Waals surface area contributed by atoms with Crippen LogP contribution in [0.3, 0.4) is 0 Å². The van der Waals surface area contributed by atoms with Crippen molar-refractivity contribution < 1.29 is 19.4 Å². The number of nitrogens with one attached hydrogen (secondary N) is 1. The van der Waals surface area contributed by atoms with Crippen LogP contribution in [0.1, 0.15) is 20.3 Å². The van der Waals surface area contributed by atoms with Gasteiger partial charge in [0.1, 0.15) is 6.61 Å². The second-order valence-corrected chi connectivity index (χ2v) is 3.51. The molecule has 0 bridgehead atoms. The summed E-state index contributed by atoms with van der Waals surface area (Å²) < 4.78 is 4.56. The van der Waals surface area contributed by atoms with Gasteiger partial charge in [0.05, 0.1) is 6.61 Å². The van der Waals surface area contributed by atoms with Gasteiger partial charge in [-0.15, -0.1) is 0 Å². The average Bonchev–Trinajstić information content (AvgIpc) is 1.96. The Bertz CT molecular complexity index is 215. The van der Waals surface area contributed by atoms with E-state index in [4.69, 9.17) is 10.8 Å². The molecule has 82 valence electrons. The van der Waals surface area contributed by atoms with E-state index in [2.05, 4.69) is 10.1 Å². The predicted octanol–water partition coefficient (Wildman–Crippen LogP) is -0.641. The summed E-state index contributed by atoms with van der Waals surface area (Å²) >= 11 is 0. The van der Waals surface area contributed by atoms with Crippen LogP contribution in [-0.2, 0) is 9.53 Å². The van der Waals surface area contributed by atoms with Crippen molar-refractivity contribution in [3.8, 4) is 0 Å². The van der Waals surface area contributed by atoms with Gasteiger partial charge >= 0.3 is 6.09 Å². The lowest BCUT2D eigenvalue weighted by Gasteiger charge is -2.23. The van der Waals surface area contributed by atoms with Gasteiger partial charge in [-0.2, -0.15) is 0 Å². The van der Waals surface area contributed by atoms with Crippen molar-refractivity contribution in [3.63, 3.8) is 0 Å². The van der Waals surface area contributed by atoms with Gasteiger partial charge in [-0.05, 0) is 13.8 Å². The molecule has 0 radical (unpaired) electrons. The summed E-state index contributed by atoms with van der Waals surface area (Å²) in [6.45, 7) is 3.00. The first kappa shape index (κ1) is 12.7. The first-order valence-electron chi connectivity index (χ1n) is 4.21. The Labute approximate surface area is 82.4 Å². The van der Waals surface area contributed by atoms with Crippen molar-refractivity contribution in [1.82, 2.24) is 5.32 Å². The minimum atomic E-state index is -0.738. The zero-order valence-electron chi connectivity index (χ0n) is 8.37. The minimum Gasteiger partial charge on any atom is -0.447 e. The molecule has 0 aliphatic carbocycles. The first-order valence-corrected chi connectivity index (χ1v) is 4.21. The molecule has 0 heterocycles. The number of rotatable bonds is 5. The van der Waals surface area contributed by atoms with Crippen LogP contribution in [0.25, 0.3) is 0 Å². The van der Waals surface area contributed by atoms with Crippen LogP contribution in [0, 0.1) is 0 Å². The molecule has 4 N–H and O–H groups in total. The predicted molar refractivity (Wildman–Crippen MR) is 49.5 cm³/mol. The number of aliphatic hydroxyl groups is 1. The molecule has 0 unspecified atom stereocenters. The van der Waals surface area contributed by atoms with E-state index in [0.717, 1.165) is 0 Å². The summed E-state index contributed by atoms with van der Waals surface area (Å²) in [6.07, 6.45) is -0.647. The van der Waals surface area contributed by atoms with Gasteiger partial charge in [0.15, 0.2) is 0 Å². The molecule has 2 amide bonds. The van der Waals surface area contributed by atoms with Gasteiger partial charge < -0.3 is 20.9 Å². The fraction of sp³-hybridized carbons (Fsp3) is 0.750. The number of carbonyl (C=O) groups is 2. The summed E-state index contributed by atoms with van der Waals surface area (Å²) in [7, 11) is 0. The van der Waals surface area contributed by atoms with E-state index in [1.54, 1.807) is 13.8 Å². The minimum absolute atomic E-state index is 0.0290. The zero-order chi connectivity index (χ0) is 11.2. The Balaban J connectivity index is 3.95. The third-order valence-corrected chi connectivity index (χ3v) is 1.38. The highest BCUT2D eigenvalue weighted by Gasteiger charge is 2.23. The number of primary amides is 1. The third kappa shape index (κ3) is 6.24. The van der Waals surface area contributed by atoms with E-state index < -0.39 is 17.5 Å². The van der Waals surface area contributed by atoms with Crippen molar-refractivity contribution in [3.05, 3.63) is 0 Å². The molecule has 6 nitrogen and oxygen atoms in total. The Morgan fingerprint density at radius 2 is 2.07 bits per heavy atom. The third-order valence-electron chi connectivity index (χ3n) is 1.38. The number of aliphatic hydroxyl groups excluding tert-OH is 1.